The van der Waals surface area contributed by atoms with Crippen LogP contribution in [0.1, 0.15) is 36.3 Å². The zero-order valence-electron chi connectivity index (χ0n) is 16.0. The van der Waals surface area contributed by atoms with Gasteiger partial charge in [0.2, 0.25) is 5.91 Å². The van der Waals surface area contributed by atoms with E-state index in [4.69, 9.17) is 0 Å². The zero-order valence-corrected chi connectivity index (χ0v) is 17.5. The fourth-order valence-electron chi connectivity index (χ4n) is 4.00. The van der Waals surface area contributed by atoms with Gasteiger partial charge in [0.1, 0.15) is 0 Å². The Bertz CT molecular complexity index is 922. The Morgan fingerprint density at radius 1 is 1.32 bits per heavy atom. The summed E-state index contributed by atoms with van der Waals surface area (Å²) in [6.07, 6.45) is 4.78. The molecule has 5 nitrogen and oxygen atoms in total. The summed E-state index contributed by atoms with van der Waals surface area (Å²) in [7, 11) is 1.75. The van der Waals surface area contributed by atoms with Gasteiger partial charge in [-0.1, -0.05) is 12.1 Å². The summed E-state index contributed by atoms with van der Waals surface area (Å²) in [5.41, 5.74) is 2.00. The number of rotatable bonds is 5. The van der Waals surface area contributed by atoms with Crippen molar-refractivity contribution in [1.29, 1.82) is 0 Å². The highest BCUT2D eigenvalue weighted by Crippen LogP contribution is 2.36. The second-order valence-electron chi connectivity index (χ2n) is 7.76. The lowest BCUT2D eigenvalue weighted by molar-refractivity contribution is -0.138. The van der Waals surface area contributed by atoms with Crippen LogP contribution in [0, 0.1) is 18.1 Å². The molecule has 2 heterocycles. The molecule has 1 aliphatic carbocycles. The number of hydrogen-bond donors (Lipinski definition) is 1. The third-order valence-corrected chi connectivity index (χ3v) is 6.54. The number of carbonyl (C=O) groups excluding carboxylic acids is 1. The topological polar surface area (TPSA) is 54.3 Å². The standard InChI is InChI=1S/C22H24BrN3O2/c1-25-11-9-15(12-21(25)27)18-8-10-24-13-19(18)22(28)26(17-6-7-17)14-16-4-2-3-5-20(16)23/h4-5,9,11-12,17-19,24H,6-8,10,13-14H2,1H3/t18-,19+/m1/s1. The molecule has 1 saturated carbocycles. The predicted molar refractivity (Wildman–Crippen MR) is 111 cm³/mol. The normalized spacial score (nSPS) is 21.8. The van der Waals surface area contributed by atoms with Crippen molar-refractivity contribution >= 4 is 21.8 Å². The second-order valence-corrected chi connectivity index (χ2v) is 8.62. The summed E-state index contributed by atoms with van der Waals surface area (Å²) in [4.78, 5) is 27.8. The number of amides is 1. The van der Waals surface area contributed by atoms with Crippen LogP contribution in [-0.4, -0.2) is 34.5 Å². The first-order valence-corrected chi connectivity index (χ1v) is 10.6. The van der Waals surface area contributed by atoms with Crippen LogP contribution in [0.4, 0.5) is 0 Å². The van der Waals surface area contributed by atoms with Crippen LogP contribution in [0.25, 0.3) is 0 Å². The molecular formula is C22H24BrN3O2. The van der Waals surface area contributed by atoms with E-state index in [0.717, 1.165) is 41.4 Å². The Labute approximate surface area is 173 Å². The number of halogens is 1. The van der Waals surface area contributed by atoms with Crippen molar-refractivity contribution in [2.45, 2.75) is 37.8 Å². The van der Waals surface area contributed by atoms with E-state index in [0.29, 0.717) is 19.1 Å². The van der Waals surface area contributed by atoms with Crippen molar-refractivity contribution in [2.24, 2.45) is 13.0 Å². The first-order chi connectivity index (χ1) is 13.5. The van der Waals surface area contributed by atoms with Gasteiger partial charge in [-0.15, -0.1) is 0 Å². The minimum absolute atomic E-state index is 0.0266. The molecule has 0 spiro atoms. The maximum absolute atomic E-state index is 13.6. The molecular weight excluding hydrogens is 418 g/mol. The molecule has 1 aromatic heterocycles. The molecule has 0 unspecified atom stereocenters. The molecule has 4 rings (SSSR count). The van der Waals surface area contributed by atoms with Crippen molar-refractivity contribution in [3.05, 3.63) is 68.5 Å². The first kappa shape index (κ1) is 19.2. The van der Waals surface area contributed by atoms with Crippen LogP contribution < -0.4 is 10.9 Å². The van der Waals surface area contributed by atoms with Crippen LogP contribution in [0.2, 0.25) is 0 Å². The largest absolute Gasteiger partial charge is 0.335 e. The summed E-state index contributed by atoms with van der Waals surface area (Å²) in [5, 5.41) is 3.38. The van der Waals surface area contributed by atoms with Gasteiger partial charge in [0.25, 0.3) is 5.56 Å². The number of nitrogens with zero attached hydrogens (tertiary/aromatic N) is 2. The van der Waals surface area contributed by atoms with Gasteiger partial charge < -0.3 is 14.8 Å². The molecule has 28 heavy (non-hydrogen) atoms. The van der Waals surface area contributed by atoms with E-state index in [2.05, 4.69) is 33.4 Å². The van der Waals surface area contributed by atoms with Gasteiger partial charge >= 0.3 is 0 Å². The van der Waals surface area contributed by atoms with E-state index < -0.39 is 0 Å². The van der Waals surface area contributed by atoms with Gasteiger partial charge in [0.15, 0.2) is 0 Å². The fourth-order valence-corrected chi connectivity index (χ4v) is 4.35. The third kappa shape index (κ3) is 4.01. The van der Waals surface area contributed by atoms with Crippen LogP contribution in [0.3, 0.4) is 0 Å². The molecule has 2 atom stereocenters. The molecule has 1 saturated heterocycles. The number of carbonyl (C=O) groups is 1. The van der Waals surface area contributed by atoms with E-state index in [1.807, 2.05) is 23.1 Å². The fraction of sp³-hybridized carbons (Fsp3) is 0.455. The monoisotopic (exact) mass is 441 g/mol. The van der Waals surface area contributed by atoms with Crippen LogP contribution in [0.5, 0.6) is 0 Å². The SMILES string of the molecule is Cn1ccc([C@H]2CCNC[C@@H]2C(=O)N(Cc2cc#ccc2Br)C2CC2)cc1=O. The number of nitrogens with one attached hydrogen (secondary N) is 1. The summed E-state index contributed by atoms with van der Waals surface area (Å²) in [6, 6.07) is 13.6. The molecule has 1 N–H and O–H groups in total. The van der Waals surface area contributed by atoms with Crippen LogP contribution >= 0.6 is 15.9 Å². The van der Waals surface area contributed by atoms with Crippen LogP contribution in [-0.2, 0) is 18.4 Å². The summed E-state index contributed by atoms with van der Waals surface area (Å²) in [6.45, 7) is 2.09. The first-order valence-electron chi connectivity index (χ1n) is 9.78. The van der Waals surface area contributed by atoms with E-state index >= 15 is 0 Å². The predicted octanol–water partition coefficient (Wildman–Crippen LogP) is 2.63. The maximum atomic E-state index is 13.6. The molecule has 1 amide bonds. The average molecular weight is 442 g/mol. The highest BCUT2D eigenvalue weighted by atomic mass is 79.9. The molecule has 6 heteroatoms. The summed E-state index contributed by atoms with van der Waals surface area (Å²) < 4.78 is 2.52. The quantitative estimate of drug-likeness (QED) is 0.775. The highest BCUT2D eigenvalue weighted by molar-refractivity contribution is 9.10. The second kappa shape index (κ2) is 8.10. The van der Waals surface area contributed by atoms with E-state index in [1.54, 1.807) is 23.9 Å². The molecule has 1 aliphatic heterocycles. The number of aryl methyl sites for hydroxylation is 1. The number of piperidine rings is 1. The third-order valence-electron chi connectivity index (χ3n) is 5.80. The Hall–Kier alpha value is -2.10. The Morgan fingerprint density at radius 3 is 2.82 bits per heavy atom. The lowest BCUT2D eigenvalue weighted by Crippen LogP contribution is -2.47. The van der Waals surface area contributed by atoms with Crippen molar-refractivity contribution in [3.8, 4) is 0 Å². The van der Waals surface area contributed by atoms with Gasteiger partial charge in [-0.3, -0.25) is 9.59 Å². The Kier molecular flexibility index (Phi) is 5.56. The zero-order chi connectivity index (χ0) is 19.7. The van der Waals surface area contributed by atoms with Gasteiger partial charge in [-0.2, -0.15) is 0 Å². The Balaban J connectivity index is 1.60. The van der Waals surface area contributed by atoms with Crippen molar-refractivity contribution in [1.82, 2.24) is 14.8 Å². The van der Waals surface area contributed by atoms with Crippen molar-refractivity contribution < 1.29 is 4.79 Å². The Morgan fingerprint density at radius 2 is 2.11 bits per heavy atom. The molecule has 0 bridgehead atoms. The molecule has 2 aliphatic rings. The summed E-state index contributed by atoms with van der Waals surface area (Å²) in [5.74, 6) is 0.0996. The lowest BCUT2D eigenvalue weighted by Gasteiger charge is -2.35. The molecule has 0 radical (unpaired) electrons. The summed E-state index contributed by atoms with van der Waals surface area (Å²) >= 11 is 3.56. The lowest BCUT2D eigenvalue weighted by atomic mass is 9.80. The van der Waals surface area contributed by atoms with Crippen LogP contribution in [0.15, 0.2) is 39.7 Å². The van der Waals surface area contributed by atoms with Crippen molar-refractivity contribution in [2.75, 3.05) is 13.1 Å². The molecule has 146 valence electrons. The number of aromatic nitrogens is 1. The smallest absolute Gasteiger partial charge is 0.250 e. The maximum Gasteiger partial charge on any atom is 0.250 e. The number of pyridine rings is 1. The average Bonchev–Trinajstić information content (AvgIpc) is 3.54. The van der Waals surface area contributed by atoms with Gasteiger partial charge in [-0.25, -0.2) is 0 Å². The molecule has 2 aromatic rings. The highest BCUT2D eigenvalue weighted by Gasteiger charge is 2.40. The van der Waals surface area contributed by atoms with E-state index in [9.17, 15) is 9.59 Å². The minimum Gasteiger partial charge on any atom is -0.335 e. The van der Waals surface area contributed by atoms with E-state index in [1.165, 1.54) is 0 Å². The van der Waals surface area contributed by atoms with Gasteiger partial charge in [0.05, 0.1) is 5.92 Å². The van der Waals surface area contributed by atoms with Gasteiger partial charge in [0, 0.05) is 49.0 Å². The number of hydrogen-bond acceptors (Lipinski definition) is 3. The van der Waals surface area contributed by atoms with Gasteiger partial charge in [-0.05, 0) is 70.9 Å². The van der Waals surface area contributed by atoms with E-state index in [-0.39, 0.29) is 23.3 Å². The minimum atomic E-state index is -0.153. The van der Waals surface area contributed by atoms with Crippen molar-refractivity contribution in [3.63, 3.8) is 0 Å². The molecule has 1 aromatic carbocycles. The molecule has 2 fully saturated rings.